The molecule has 0 saturated heterocycles. The molecule has 0 spiro atoms. The predicted molar refractivity (Wildman–Crippen MR) is 81.8 cm³/mol. The summed E-state index contributed by atoms with van der Waals surface area (Å²) in [6.45, 7) is 0. The molecule has 1 saturated carbocycles. The number of aromatic carboxylic acids is 1. The molecule has 0 radical (unpaired) electrons. The maximum absolute atomic E-state index is 12.3. The van der Waals surface area contributed by atoms with Crippen molar-refractivity contribution in [1.82, 2.24) is 5.32 Å². The minimum absolute atomic E-state index is 0.135. The number of carbonyl (C=O) groups excluding carboxylic acids is 1. The molecule has 2 rings (SSSR count). The number of nitrogens with one attached hydrogen (secondary N) is 1. The van der Waals surface area contributed by atoms with Gasteiger partial charge in [0.05, 0.1) is 11.3 Å². The maximum Gasteiger partial charge on any atom is 0.337 e. The molecule has 0 aromatic heterocycles. The van der Waals surface area contributed by atoms with Crippen molar-refractivity contribution in [3.8, 4) is 0 Å². The highest BCUT2D eigenvalue weighted by Crippen LogP contribution is 2.21. The van der Waals surface area contributed by atoms with E-state index >= 15 is 0 Å². The van der Waals surface area contributed by atoms with E-state index in [4.69, 9.17) is 0 Å². The van der Waals surface area contributed by atoms with Crippen LogP contribution >= 0.6 is 0 Å². The Balaban J connectivity index is 2.06. The number of hydrogen-bond acceptors (Lipinski definition) is 2. The zero-order valence-electron chi connectivity index (χ0n) is 12.3. The number of carbonyl (C=O) groups is 2. The molecule has 0 heterocycles. The second kappa shape index (κ2) is 7.11. The number of rotatable bonds is 3. The fraction of sp³-hybridized carbons (Fsp3) is 0.500. The molecule has 5 heteroatoms. The highest BCUT2D eigenvalue weighted by molar-refractivity contribution is 6.01. The molecule has 0 bridgehead atoms. The molecule has 1 fully saturated rings. The van der Waals surface area contributed by atoms with Crippen LogP contribution in [0.4, 0.5) is 10.5 Å². The van der Waals surface area contributed by atoms with Gasteiger partial charge in [0.2, 0.25) is 0 Å². The van der Waals surface area contributed by atoms with Gasteiger partial charge in [-0.3, -0.25) is 4.90 Å². The number of hydrogen-bond donors (Lipinski definition) is 2. The minimum Gasteiger partial charge on any atom is -0.478 e. The molecule has 0 aliphatic heterocycles. The van der Waals surface area contributed by atoms with Crippen molar-refractivity contribution >= 4 is 17.7 Å². The van der Waals surface area contributed by atoms with Gasteiger partial charge in [0.1, 0.15) is 0 Å². The first kappa shape index (κ1) is 15.4. The standard InChI is InChI=1S/C16H22N2O3/c1-18(14-11-7-6-10-13(14)15(19)20)16(21)17-12-8-4-2-3-5-9-12/h6-7,10-12H,2-5,8-9H2,1H3,(H,17,21)(H,19,20). The summed E-state index contributed by atoms with van der Waals surface area (Å²) in [4.78, 5) is 24.9. The van der Waals surface area contributed by atoms with Crippen molar-refractivity contribution in [1.29, 1.82) is 0 Å². The first-order chi connectivity index (χ1) is 10.1. The van der Waals surface area contributed by atoms with E-state index in [1.54, 1.807) is 25.2 Å². The summed E-state index contributed by atoms with van der Waals surface area (Å²) in [7, 11) is 1.60. The molecule has 1 aromatic rings. The van der Waals surface area contributed by atoms with E-state index in [9.17, 15) is 14.7 Å². The van der Waals surface area contributed by atoms with Gasteiger partial charge in [-0.1, -0.05) is 37.8 Å². The summed E-state index contributed by atoms with van der Waals surface area (Å²) in [5.74, 6) is -1.03. The summed E-state index contributed by atoms with van der Waals surface area (Å²) >= 11 is 0. The van der Waals surface area contributed by atoms with Crippen molar-refractivity contribution in [2.75, 3.05) is 11.9 Å². The molecule has 0 unspecified atom stereocenters. The van der Waals surface area contributed by atoms with Crippen LogP contribution in [0.15, 0.2) is 24.3 Å². The lowest BCUT2D eigenvalue weighted by Gasteiger charge is -2.23. The maximum atomic E-state index is 12.3. The molecule has 114 valence electrons. The molecule has 2 amide bonds. The number of para-hydroxylation sites is 1. The molecule has 1 aromatic carbocycles. The van der Waals surface area contributed by atoms with Gasteiger partial charge in [-0.15, -0.1) is 0 Å². The molecule has 5 nitrogen and oxygen atoms in total. The highest BCUT2D eigenvalue weighted by atomic mass is 16.4. The molecular weight excluding hydrogens is 268 g/mol. The van der Waals surface area contributed by atoms with Crippen LogP contribution in [0, 0.1) is 0 Å². The molecule has 21 heavy (non-hydrogen) atoms. The monoisotopic (exact) mass is 290 g/mol. The van der Waals surface area contributed by atoms with Crippen LogP contribution in [0.3, 0.4) is 0 Å². The van der Waals surface area contributed by atoms with Crippen LogP contribution < -0.4 is 10.2 Å². The number of nitrogens with zero attached hydrogens (tertiary/aromatic N) is 1. The van der Waals surface area contributed by atoms with Gasteiger partial charge in [-0.25, -0.2) is 9.59 Å². The van der Waals surface area contributed by atoms with Gasteiger partial charge in [-0.05, 0) is 25.0 Å². The summed E-state index contributed by atoms with van der Waals surface area (Å²) in [5, 5.41) is 12.2. The lowest BCUT2D eigenvalue weighted by Crippen LogP contribution is -2.43. The Morgan fingerprint density at radius 3 is 2.38 bits per heavy atom. The van der Waals surface area contributed by atoms with Crippen molar-refractivity contribution in [2.45, 2.75) is 44.6 Å². The number of urea groups is 1. The van der Waals surface area contributed by atoms with Crippen molar-refractivity contribution in [3.05, 3.63) is 29.8 Å². The quantitative estimate of drug-likeness (QED) is 0.839. The molecule has 1 aliphatic rings. The molecule has 0 atom stereocenters. The largest absolute Gasteiger partial charge is 0.478 e. The van der Waals surface area contributed by atoms with Gasteiger partial charge in [0.15, 0.2) is 0 Å². The predicted octanol–water partition coefficient (Wildman–Crippen LogP) is 3.25. The van der Waals surface area contributed by atoms with Crippen molar-refractivity contribution in [2.24, 2.45) is 0 Å². The smallest absolute Gasteiger partial charge is 0.337 e. The molecule has 1 aliphatic carbocycles. The topological polar surface area (TPSA) is 69.6 Å². The van der Waals surface area contributed by atoms with E-state index in [-0.39, 0.29) is 17.6 Å². The van der Waals surface area contributed by atoms with Crippen molar-refractivity contribution in [3.63, 3.8) is 0 Å². The lowest BCUT2D eigenvalue weighted by atomic mass is 10.1. The summed E-state index contributed by atoms with van der Waals surface area (Å²) in [6.07, 6.45) is 6.73. The molecule has 2 N–H and O–H groups in total. The third-order valence-electron chi connectivity index (χ3n) is 3.98. The normalized spacial score (nSPS) is 16.0. The van der Waals surface area contributed by atoms with E-state index in [0.717, 1.165) is 25.7 Å². The first-order valence-corrected chi connectivity index (χ1v) is 7.46. The summed E-state index contributed by atoms with van der Waals surface area (Å²) < 4.78 is 0. The third-order valence-corrected chi connectivity index (χ3v) is 3.98. The van der Waals surface area contributed by atoms with Gasteiger partial charge < -0.3 is 10.4 Å². The van der Waals surface area contributed by atoms with E-state index in [1.807, 2.05) is 0 Å². The van der Waals surface area contributed by atoms with E-state index in [1.165, 1.54) is 23.8 Å². The van der Waals surface area contributed by atoms with Crippen LogP contribution in [0.1, 0.15) is 48.9 Å². The van der Waals surface area contributed by atoms with Crippen LogP contribution in [0.5, 0.6) is 0 Å². The number of amides is 2. The number of anilines is 1. The Kier molecular flexibility index (Phi) is 5.20. The van der Waals surface area contributed by atoms with E-state index in [2.05, 4.69) is 5.32 Å². The fourth-order valence-electron chi connectivity index (χ4n) is 2.75. The zero-order valence-corrected chi connectivity index (χ0v) is 12.3. The summed E-state index contributed by atoms with van der Waals surface area (Å²) in [5.41, 5.74) is 0.548. The number of carboxylic acid groups (broad SMARTS) is 1. The van der Waals surface area contributed by atoms with Gasteiger partial charge in [0.25, 0.3) is 0 Å². The fourth-order valence-corrected chi connectivity index (χ4v) is 2.75. The minimum atomic E-state index is -1.03. The number of benzene rings is 1. The number of carboxylic acids is 1. The Morgan fingerprint density at radius 2 is 1.76 bits per heavy atom. The van der Waals surface area contributed by atoms with Crippen LogP contribution in [-0.4, -0.2) is 30.2 Å². The lowest BCUT2D eigenvalue weighted by molar-refractivity contribution is 0.0697. The SMILES string of the molecule is CN(C(=O)NC1CCCCCC1)c1ccccc1C(=O)O. The average Bonchev–Trinajstić information content (AvgIpc) is 2.75. The average molecular weight is 290 g/mol. The second-order valence-electron chi connectivity index (χ2n) is 5.52. The zero-order chi connectivity index (χ0) is 15.2. The first-order valence-electron chi connectivity index (χ1n) is 7.46. The van der Waals surface area contributed by atoms with Gasteiger partial charge >= 0.3 is 12.0 Å². The summed E-state index contributed by atoms with van der Waals surface area (Å²) in [6, 6.07) is 6.50. The van der Waals surface area contributed by atoms with Gasteiger partial charge in [0, 0.05) is 13.1 Å². The second-order valence-corrected chi connectivity index (χ2v) is 5.52. The van der Waals surface area contributed by atoms with Crippen molar-refractivity contribution < 1.29 is 14.7 Å². The van der Waals surface area contributed by atoms with Crippen LogP contribution in [0.2, 0.25) is 0 Å². The highest BCUT2D eigenvalue weighted by Gasteiger charge is 2.21. The Bertz CT molecular complexity index is 508. The Morgan fingerprint density at radius 1 is 1.14 bits per heavy atom. The van der Waals surface area contributed by atoms with E-state index < -0.39 is 5.97 Å². The Hall–Kier alpha value is -2.04. The molecular formula is C16H22N2O3. The van der Waals surface area contributed by atoms with Gasteiger partial charge in [-0.2, -0.15) is 0 Å². The third kappa shape index (κ3) is 3.97. The van der Waals surface area contributed by atoms with Crippen LogP contribution in [-0.2, 0) is 0 Å². The Labute approximate surface area is 125 Å². The van der Waals surface area contributed by atoms with Crippen LogP contribution in [0.25, 0.3) is 0 Å². The van der Waals surface area contributed by atoms with E-state index in [0.29, 0.717) is 5.69 Å².